The van der Waals surface area contributed by atoms with E-state index in [-0.39, 0.29) is 24.7 Å². The van der Waals surface area contributed by atoms with Crippen LogP contribution >= 0.6 is 0 Å². The van der Waals surface area contributed by atoms with Crippen molar-refractivity contribution in [1.82, 2.24) is 10.2 Å². The number of hydrogen-bond donors (Lipinski definition) is 2. The first-order valence-electron chi connectivity index (χ1n) is 7.37. The van der Waals surface area contributed by atoms with E-state index in [1.807, 2.05) is 0 Å². The topological polar surface area (TPSA) is 69.6 Å². The monoisotopic (exact) mass is 270 g/mol. The number of nitrogens with zero attached hydrogens (tertiary/aromatic N) is 1. The fourth-order valence-electron chi connectivity index (χ4n) is 2.24. The van der Waals surface area contributed by atoms with Gasteiger partial charge in [-0.25, -0.2) is 4.79 Å². The largest absolute Gasteiger partial charge is 0.480 e. The molecule has 5 nitrogen and oxygen atoms in total. The number of rotatable bonds is 9. The van der Waals surface area contributed by atoms with Crippen molar-refractivity contribution in [3.63, 3.8) is 0 Å². The Bertz CT molecular complexity index is 303. The zero-order valence-corrected chi connectivity index (χ0v) is 12.0. The van der Waals surface area contributed by atoms with E-state index in [9.17, 15) is 9.59 Å². The summed E-state index contributed by atoms with van der Waals surface area (Å²) in [5, 5.41) is 11.9. The maximum atomic E-state index is 12.2. The number of aliphatic carboxylic acids is 1. The Labute approximate surface area is 115 Å². The van der Waals surface area contributed by atoms with Crippen molar-refractivity contribution < 1.29 is 14.7 Å². The molecule has 1 saturated carbocycles. The number of hydrogen-bond acceptors (Lipinski definition) is 2. The Kier molecular flexibility index (Phi) is 6.67. The molecule has 5 heteroatoms. The molecule has 0 radical (unpaired) electrons. The lowest BCUT2D eigenvalue weighted by atomic mass is 10.1. The predicted molar refractivity (Wildman–Crippen MR) is 74.1 cm³/mol. The van der Waals surface area contributed by atoms with Crippen LogP contribution in [-0.4, -0.2) is 40.6 Å². The minimum atomic E-state index is -0.942. The summed E-state index contributed by atoms with van der Waals surface area (Å²) in [4.78, 5) is 24.4. The van der Waals surface area contributed by atoms with Crippen molar-refractivity contribution in [3.05, 3.63) is 0 Å². The molecule has 1 fully saturated rings. The van der Waals surface area contributed by atoms with Crippen molar-refractivity contribution in [2.24, 2.45) is 0 Å². The lowest BCUT2D eigenvalue weighted by molar-refractivity contribution is -0.137. The van der Waals surface area contributed by atoms with E-state index in [0.29, 0.717) is 0 Å². The quantitative estimate of drug-likeness (QED) is 0.676. The summed E-state index contributed by atoms with van der Waals surface area (Å²) in [6.07, 6.45) is 7.00. The third-order valence-corrected chi connectivity index (χ3v) is 3.42. The number of carbonyl (C=O) groups excluding carboxylic acids is 1. The van der Waals surface area contributed by atoms with Crippen LogP contribution in [0.5, 0.6) is 0 Å². The molecule has 1 aliphatic rings. The molecule has 0 aromatic rings. The lowest BCUT2D eigenvalue weighted by Gasteiger charge is -2.25. The first-order chi connectivity index (χ1) is 9.08. The molecule has 0 bridgehead atoms. The summed E-state index contributed by atoms with van der Waals surface area (Å²) in [7, 11) is 0. The average molecular weight is 270 g/mol. The summed E-state index contributed by atoms with van der Waals surface area (Å²) in [5.74, 6) is -0.942. The second-order valence-electron chi connectivity index (χ2n) is 5.33. The van der Waals surface area contributed by atoms with E-state index in [1.54, 1.807) is 0 Å². The summed E-state index contributed by atoms with van der Waals surface area (Å²) >= 11 is 0. The Morgan fingerprint density at radius 1 is 1.26 bits per heavy atom. The zero-order chi connectivity index (χ0) is 14.3. The molecule has 2 amide bonds. The zero-order valence-electron chi connectivity index (χ0n) is 12.0. The van der Waals surface area contributed by atoms with Crippen LogP contribution in [0.3, 0.4) is 0 Å². The highest BCUT2D eigenvalue weighted by molar-refractivity contribution is 5.80. The van der Waals surface area contributed by atoms with Crippen molar-refractivity contribution in [1.29, 1.82) is 0 Å². The highest BCUT2D eigenvalue weighted by atomic mass is 16.4. The van der Waals surface area contributed by atoms with Crippen LogP contribution in [0.15, 0.2) is 0 Å². The van der Waals surface area contributed by atoms with Gasteiger partial charge in [-0.2, -0.15) is 0 Å². The third-order valence-electron chi connectivity index (χ3n) is 3.42. The van der Waals surface area contributed by atoms with Crippen molar-refractivity contribution >= 4 is 12.0 Å². The van der Waals surface area contributed by atoms with Gasteiger partial charge in [0, 0.05) is 12.1 Å². The summed E-state index contributed by atoms with van der Waals surface area (Å²) < 4.78 is 0. The molecule has 0 aromatic heterocycles. The van der Waals surface area contributed by atoms with Gasteiger partial charge in [-0.15, -0.1) is 0 Å². The summed E-state index contributed by atoms with van der Waals surface area (Å²) in [6, 6.07) is 0.0940. The van der Waals surface area contributed by atoms with E-state index < -0.39 is 5.97 Å². The van der Waals surface area contributed by atoms with Crippen molar-refractivity contribution in [2.75, 3.05) is 6.54 Å². The lowest BCUT2D eigenvalue weighted by Crippen LogP contribution is -2.47. The van der Waals surface area contributed by atoms with Gasteiger partial charge in [0.15, 0.2) is 0 Å². The summed E-state index contributed by atoms with van der Waals surface area (Å²) in [6.45, 7) is 4.04. The van der Waals surface area contributed by atoms with E-state index in [4.69, 9.17) is 5.11 Å². The molecule has 0 aromatic carbocycles. The molecule has 1 rings (SSSR count). The highest BCUT2D eigenvalue weighted by Gasteiger charge is 2.34. The molecule has 2 N–H and O–H groups in total. The maximum absolute atomic E-state index is 12.2. The Balaban J connectivity index is 2.49. The SMILES string of the molecule is CCCCC(CCC)NC(=O)N(CC(=O)O)C1CC1. The molecule has 1 unspecified atom stereocenters. The van der Waals surface area contributed by atoms with Crippen LogP contribution in [0.1, 0.15) is 58.8 Å². The van der Waals surface area contributed by atoms with Gasteiger partial charge in [0.25, 0.3) is 0 Å². The van der Waals surface area contributed by atoms with E-state index >= 15 is 0 Å². The maximum Gasteiger partial charge on any atom is 0.323 e. The number of unbranched alkanes of at least 4 members (excludes halogenated alkanes) is 1. The number of carboxylic acid groups (broad SMARTS) is 1. The molecule has 0 heterocycles. The van der Waals surface area contributed by atoms with Gasteiger partial charge in [0.1, 0.15) is 6.54 Å². The molecule has 0 spiro atoms. The van der Waals surface area contributed by atoms with Gasteiger partial charge < -0.3 is 15.3 Å². The molecule has 1 atom stereocenters. The van der Waals surface area contributed by atoms with Crippen LogP contribution in [0.4, 0.5) is 4.79 Å². The van der Waals surface area contributed by atoms with E-state index in [1.165, 1.54) is 4.90 Å². The van der Waals surface area contributed by atoms with Crippen LogP contribution < -0.4 is 5.32 Å². The fourth-order valence-corrected chi connectivity index (χ4v) is 2.24. The predicted octanol–water partition coefficient (Wildman–Crippen LogP) is 2.60. The van der Waals surface area contributed by atoms with Gasteiger partial charge in [-0.1, -0.05) is 33.1 Å². The number of nitrogens with one attached hydrogen (secondary N) is 1. The van der Waals surface area contributed by atoms with Gasteiger partial charge in [0.2, 0.25) is 0 Å². The molecule has 110 valence electrons. The minimum Gasteiger partial charge on any atom is -0.480 e. The molecule has 0 saturated heterocycles. The molecule has 19 heavy (non-hydrogen) atoms. The van der Waals surface area contributed by atoms with E-state index in [0.717, 1.165) is 44.9 Å². The van der Waals surface area contributed by atoms with Crippen LogP contribution in [-0.2, 0) is 4.79 Å². The number of amides is 2. The Morgan fingerprint density at radius 2 is 1.95 bits per heavy atom. The normalized spacial score (nSPS) is 15.9. The van der Waals surface area contributed by atoms with Crippen LogP contribution in [0.25, 0.3) is 0 Å². The van der Waals surface area contributed by atoms with E-state index in [2.05, 4.69) is 19.2 Å². The average Bonchev–Trinajstić information content (AvgIpc) is 3.17. The Morgan fingerprint density at radius 3 is 2.42 bits per heavy atom. The van der Waals surface area contributed by atoms with Gasteiger partial charge in [-0.3, -0.25) is 4.79 Å². The molecular weight excluding hydrogens is 244 g/mol. The third kappa shape index (κ3) is 5.94. The first-order valence-corrected chi connectivity index (χ1v) is 7.37. The number of carboxylic acids is 1. The van der Waals surface area contributed by atoms with Gasteiger partial charge in [0.05, 0.1) is 0 Å². The standard InChI is InChI=1S/C14H26N2O3/c1-3-5-7-11(6-4-2)15-14(19)16(10-13(17)18)12-8-9-12/h11-12H,3-10H2,1-2H3,(H,15,19)(H,17,18). The highest BCUT2D eigenvalue weighted by Crippen LogP contribution is 2.26. The van der Waals surface area contributed by atoms with Crippen LogP contribution in [0, 0.1) is 0 Å². The minimum absolute atomic E-state index is 0.129. The van der Waals surface area contributed by atoms with Gasteiger partial charge >= 0.3 is 12.0 Å². The Hall–Kier alpha value is -1.26. The molecule has 1 aliphatic carbocycles. The fraction of sp³-hybridized carbons (Fsp3) is 0.857. The first kappa shape index (κ1) is 15.8. The van der Waals surface area contributed by atoms with Crippen molar-refractivity contribution in [2.45, 2.75) is 70.9 Å². The second kappa shape index (κ2) is 8.02. The smallest absolute Gasteiger partial charge is 0.323 e. The number of urea groups is 1. The second-order valence-corrected chi connectivity index (χ2v) is 5.33. The number of carbonyl (C=O) groups is 2. The molecule has 0 aliphatic heterocycles. The van der Waals surface area contributed by atoms with Gasteiger partial charge in [-0.05, 0) is 25.7 Å². The molecular formula is C14H26N2O3. The van der Waals surface area contributed by atoms with Crippen LogP contribution in [0.2, 0.25) is 0 Å². The van der Waals surface area contributed by atoms with Crippen molar-refractivity contribution in [3.8, 4) is 0 Å². The summed E-state index contributed by atoms with van der Waals surface area (Å²) in [5.41, 5.74) is 0.